The van der Waals surface area contributed by atoms with Crippen molar-refractivity contribution in [1.82, 2.24) is 4.90 Å². The highest BCUT2D eigenvalue weighted by atomic mass is 79.9. The normalized spacial score (nSPS) is 10.2. The molecule has 0 N–H and O–H groups in total. The van der Waals surface area contributed by atoms with Gasteiger partial charge in [-0.3, -0.25) is 4.79 Å². The number of likely N-dealkylation sites (N-methyl/N-ethyl adjacent to an activating group) is 1. The molecule has 2 rings (SSSR count). The van der Waals surface area contributed by atoms with Crippen molar-refractivity contribution >= 4 is 21.8 Å². The van der Waals surface area contributed by atoms with Crippen LogP contribution < -0.4 is 18.9 Å². The van der Waals surface area contributed by atoms with Gasteiger partial charge in [0.1, 0.15) is 5.75 Å². The van der Waals surface area contributed by atoms with Gasteiger partial charge in [0.25, 0.3) is 5.91 Å². The average molecular weight is 424 g/mol. The molecule has 0 radical (unpaired) electrons. The van der Waals surface area contributed by atoms with E-state index in [1.807, 2.05) is 18.2 Å². The van der Waals surface area contributed by atoms with Gasteiger partial charge in [0.2, 0.25) is 5.75 Å². The molecule has 0 heterocycles. The van der Waals surface area contributed by atoms with Gasteiger partial charge in [-0.2, -0.15) is 0 Å². The second kappa shape index (κ2) is 9.33. The molecule has 0 atom stereocenters. The van der Waals surface area contributed by atoms with Crippen molar-refractivity contribution in [2.24, 2.45) is 0 Å². The topological polar surface area (TPSA) is 57.2 Å². The summed E-state index contributed by atoms with van der Waals surface area (Å²) in [7, 11) is 6.37. The van der Waals surface area contributed by atoms with E-state index >= 15 is 0 Å². The zero-order valence-corrected chi connectivity index (χ0v) is 16.8. The predicted octanol–water partition coefficient (Wildman–Crippen LogP) is 3.51. The monoisotopic (exact) mass is 423 g/mol. The van der Waals surface area contributed by atoms with E-state index in [-0.39, 0.29) is 12.5 Å². The van der Waals surface area contributed by atoms with Gasteiger partial charge in [-0.25, -0.2) is 0 Å². The molecule has 0 fully saturated rings. The van der Waals surface area contributed by atoms with E-state index in [0.29, 0.717) is 29.5 Å². The first kappa shape index (κ1) is 19.9. The van der Waals surface area contributed by atoms with Crippen LogP contribution in [0.15, 0.2) is 40.9 Å². The number of carbonyl (C=O) groups is 1. The molecule has 2 aromatic rings. The number of benzene rings is 2. The second-order valence-electron chi connectivity index (χ2n) is 5.49. The first-order valence-electron chi connectivity index (χ1n) is 7.90. The van der Waals surface area contributed by atoms with Crippen molar-refractivity contribution in [3.05, 3.63) is 46.4 Å². The molecule has 140 valence electrons. The molecule has 7 heteroatoms. The zero-order valence-electron chi connectivity index (χ0n) is 15.2. The van der Waals surface area contributed by atoms with E-state index in [1.165, 1.54) is 0 Å². The summed E-state index contributed by atoms with van der Waals surface area (Å²) < 4.78 is 22.6. The maximum Gasteiger partial charge on any atom is 0.260 e. The smallest absolute Gasteiger partial charge is 0.260 e. The van der Waals surface area contributed by atoms with E-state index in [0.717, 1.165) is 10.0 Å². The predicted molar refractivity (Wildman–Crippen MR) is 102 cm³/mol. The van der Waals surface area contributed by atoms with Crippen molar-refractivity contribution in [2.45, 2.75) is 6.54 Å². The van der Waals surface area contributed by atoms with Crippen molar-refractivity contribution in [3.63, 3.8) is 0 Å². The van der Waals surface area contributed by atoms with Gasteiger partial charge < -0.3 is 23.8 Å². The van der Waals surface area contributed by atoms with Crippen molar-refractivity contribution in [1.29, 1.82) is 0 Å². The summed E-state index contributed by atoms with van der Waals surface area (Å²) in [6, 6.07) is 11.0. The van der Waals surface area contributed by atoms with Crippen LogP contribution in [0.4, 0.5) is 0 Å². The third-order valence-electron chi connectivity index (χ3n) is 3.79. The molecule has 0 aliphatic heterocycles. The molecule has 6 nitrogen and oxygen atoms in total. The van der Waals surface area contributed by atoms with Crippen molar-refractivity contribution < 1.29 is 23.7 Å². The average Bonchev–Trinajstić information content (AvgIpc) is 2.66. The molecule has 26 heavy (non-hydrogen) atoms. The number of hydrogen-bond acceptors (Lipinski definition) is 5. The molecule has 0 saturated carbocycles. The molecule has 0 bridgehead atoms. The van der Waals surface area contributed by atoms with Crippen LogP contribution >= 0.6 is 15.9 Å². The van der Waals surface area contributed by atoms with Crippen LogP contribution in [0.5, 0.6) is 23.0 Å². The van der Waals surface area contributed by atoms with E-state index in [2.05, 4.69) is 15.9 Å². The van der Waals surface area contributed by atoms with Crippen LogP contribution in [-0.2, 0) is 11.3 Å². The molecule has 0 unspecified atom stereocenters. The van der Waals surface area contributed by atoms with E-state index in [9.17, 15) is 4.79 Å². The number of rotatable bonds is 8. The van der Waals surface area contributed by atoms with Crippen molar-refractivity contribution in [3.8, 4) is 23.0 Å². The Morgan fingerprint density at radius 1 is 0.962 bits per heavy atom. The molecule has 0 saturated heterocycles. The fourth-order valence-electron chi connectivity index (χ4n) is 2.42. The lowest BCUT2D eigenvalue weighted by Crippen LogP contribution is -2.31. The lowest BCUT2D eigenvalue weighted by atomic mass is 10.1. The maximum atomic E-state index is 12.4. The first-order valence-corrected chi connectivity index (χ1v) is 8.69. The Hall–Kier alpha value is -2.41. The molecular formula is C19H22BrNO5. The summed E-state index contributed by atoms with van der Waals surface area (Å²) in [5, 5.41) is 0. The largest absolute Gasteiger partial charge is 0.493 e. The van der Waals surface area contributed by atoms with E-state index in [4.69, 9.17) is 18.9 Å². The summed E-state index contributed by atoms with van der Waals surface area (Å²) in [4.78, 5) is 13.9. The Morgan fingerprint density at radius 2 is 1.62 bits per heavy atom. The summed E-state index contributed by atoms with van der Waals surface area (Å²) >= 11 is 3.36. The lowest BCUT2D eigenvalue weighted by Gasteiger charge is -2.21. The number of methoxy groups -OCH3 is 3. The molecular weight excluding hydrogens is 402 g/mol. The number of carbonyl (C=O) groups excluding carboxylic acids is 1. The van der Waals surface area contributed by atoms with Crippen LogP contribution in [-0.4, -0.2) is 45.8 Å². The van der Waals surface area contributed by atoms with Gasteiger partial charge in [0.15, 0.2) is 18.1 Å². The molecule has 2 aromatic carbocycles. The standard InChI is InChI=1S/C19H22BrNO5/c1-21(17(22)12-26-15-8-6-14(20)7-9-15)11-13-5-10-16(23-2)19(25-4)18(13)24-3/h5-10H,11-12H2,1-4H3. The summed E-state index contributed by atoms with van der Waals surface area (Å²) in [6.45, 7) is 0.305. The minimum atomic E-state index is -0.148. The van der Waals surface area contributed by atoms with Crippen LogP contribution in [0.1, 0.15) is 5.56 Å². The number of nitrogens with zero attached hydrogens (tertiary/aromatic N) is 1. The lowest BCUT2D eigenvalue weighted by molar-refractivity contribution is -0.132. The minimum Gasteiger partial charge on any atom is -0.493 e. The number of amides is 1. The van der Waals surface area contributed by atoms with Crippen LogP contribution in [0.25, 0.3) is 0 Å². The van der Waals surface area contributed by atoms with Gasteiger partial charge in [0.05, 0.1) is 21.3 Å². The quantitative estimate of drug-likeness (QED) is 0.649. The summed E-state index contributed by atoms with van der Waals surface area (Å²) in [6.07, 6.45) is 0. The Balaban J connectivity index is 2.05. The van der Waals surface area contributed by atoms with E-state index in [1.54, 1.807) is 51.5 Å². The molecule has 1 amide bonds. The first-order chi connectivity index (χ1) is 12.5. The molecule has 0 aliphatic carbocycles. The fourth-order valence-corrected chi connectivity index (χ4v) is 2.68. The third-order valence-corrected chi connectivity index (χ3v) is 4.32. The molecule has 0 spiro atoms. The van der Waals surface area contributed by atoms with Gasteiger partial charge in [0, 0.05) is 23.6 Å². The third kappa shape index (κ3) is 4.82. The molecule has 0 aliphatic rings. The van der Waals surface area contributed by atoms with Crippen molar-refractivity contribution in [2.75, 3.05) is 35.0 Å². The van der Waals surface area contributed by atoms with Crippen LogP contribution in [0.3, 0.4) is 0 Å². The zero-order chi connectivity index (χ0) is 19.1. The minimum absolute atomic E-state index is 0.0479. The Kier molecular flexibility index (Phi) is 7.15. The Morgan fingerprint density at radius 3 is 2.19 bits per heavy atom. The highest BCUT2D eigenvalue weighted by Crippen LogP contribution is 2.40. The van der Waals surface area contributed by atoms with E-state index < -0.39 is 0 Å². The maximum absolute atomic E-state index is 12.4. The fraction of sp³-hybridized carbons (Fsp3) is 0.316. The van der Waals surface area contributed by atoms with Gasteiger partial charge in [-0.05, 0) is 36.4 Å². The number of ether oxygens (including phenoxy) is 4. The second-order valence-corrected chi connectivity index (χ2v) is 6.40. The highest BCUT2D eigenvalue weighted by molar-refractivity contribution is 9.10. The summed E-state index contributed by atoms with van der Waals surface area (Å²) in [5.74, 6) is 2.10. The van der Waals surface area contributed by atoms with Gasteiger partial charge in [-0.1, -0.05) is 15.9 Å². The SMILES string of the molecule is COc1ccc(CN(C)C(=O)COc2ccc(Br)cc2)c(OC)c1OC. The Labute approximate surface area is 161 Å². The number of halogens is 1. The van der Waals surface area contributed by atoms with Crippen LogP contribution in [0, 0.1) is 0 Å². The Bertz CT molecular complexity index is 748. The van der Waals surface area contributed by atoms with Crippen LogP contribution in [0.2, 0.25) is 0 Å². The highest BCUT2D eigenvalue weighted by Gasteiger charge is 2.18. The van der Waals surface area contributed by atoms with Gasteiger partial charge in [-0.15, -0.1) is 0 Å². The van der Waals surface area contributed by atoms with Gasteiger partial charge >= 0.3 is 0 Å². The molecule has 0 aromatic heterocycles. The summed E-state index contributed by atoms with van der Waals surface area (Å²) in [5.41, 5.74) is 0.810. The number of hydrogen-bond donors (Lipinski definition) is 0.